The summed E-state index contributed by atoms with van der Waals surface area (Å²) in [5, 5.41) is 8.42. The molecule has 0 heterocycles. The summed E-state index contributed by atoms with van der Waals surface area (Å²) in [7, 11) is 0. The fourth-order valence-corrected chi connectivity index (χ4v) is 0.692. The number of nitrogens with zero attached hydrogens (tertiary/aromatic N) is 1. The lowest BCUT2D eigenvalue weighted by atomic mass is 10.1. The van der Waals surface area contributed by atoms with E-state index in [1.807, 2.05) is 13.0 Å². The highest BCUT2D eigenvalue weighted by atomic mass is 14.5. The molecule has 0 fully saturated rings. The standard InChI is InChI=1S/C8H7N2/c1-6-2-3-7(5-9)4-8(6)10/h2-4,10H,1H3. The van der Waals surface area contributed by atoms with Crippen molar-refractivity contribution < 1.29 is 0 Å². The third kappa shape index (κ3) is 1.08. The molecule has 1 aromatic rings. The topological polar surface area (TPSA) is 47.6 Å². The number of aryl methyl sites for hydroxylation is 1. The van der Waals surface area contributed by atoms with E-state index in [1.165, 1.54) is 0 Å². The molecule has 49 valence electrons. The Labute approximate surface area is 59.9 Å². The molecule has 2 nitrogen and oxygen atoms in total. The van der Waals surface area contributed by atoms with Gasteiger partial charge in [-0.3, -0.25) is 0 Å². The molecule has 0 aliphatic carbocycles. The van der Waals surface area contributed by atoms with Gasteiger partial charge in [0.2, 0.25) is 0 Å². The average molecular weight is 131 g/mol. The summed E-state index contributed by atoms with van der Waals surface area (Å²) in [6.07, 6.45) is 0. The molecule has 1 rings (SSSR count). The number of rotatable bonds is 0. The van der Waals surface area contributed by atoms with Gasteiger partial charge >= 0.3 is 0 Å². The van der Waals surface area contributed by atoms with E-state index in [4.69, 9.17) is 11.0 Å². The maximum Gasteiger partial charge on any atom is 0.0992 e. The van der Waals surface area contributed by atoms with Crippen LogP contribution in [0.25, 0.3) is 0 Å². The van der Waals surface area contributed by atoms with Crippen LogP contribution < -0.4 is 5.73 Å². The van der Waals surface area contributed by atoms with Crippen LogP contribution in [0, 0.1) is 18.3 Å². The Morgan fingerprint density at radius 2 is 2.20 bits per heavy atom. The van der Waals surface area contributed by atoms with E-state index in [0.29, 0.717) is 11.3 Å². The summed E-state index contributed by atoms with van der Waals surface area (Å²) in [6, 6.07) is 7.03. The zero-order valence-corrected chi connectivity index (χ0v) is 5.68. The average Bonchev–Trinajstić information content (AvgIpc) is 1.95. The largest absolute Gasteiger partial charge is 0.301 e. The van der Waals surface area contributed by atoms with E-state index < -0.39 is 0 Å². The van der Waals surface area contributed by atoms with Gasteiger partial charge in [0, 0.05) is 0 Å². The van der Waals surface area contributed by atoms with Gasteiger partial charge in [0.1, 0.15) is 0 Å². The van der Waals surface area contributed by atoms with Crippen molar-refractivity contribution in [3.05, 3.63) is 29.3 Å². The summed E-state index contributed by atoms with van der Waals surface area (Å²) in [5.74, 6) is 0. The second-order valence-corrected chi connectivity index (χ2v) is 2.14. The lowest BCUT2D eigenvalue weighted by Crippen LogP contribution is -1.79. The van der Waals surface area contributed by atoms with Gasteiger partial charge in [-0.15, -0.1) is 0 Å². The Balaban J connectivity index is 3.20. The lowest BCUT2D eigenvalue weighted by molar-refractivity contribution is 1.36. The van der Waals surface area contributed by atoms with Crippen LogP contribution in [0.1, 0.15) is 11.1 Å². The molecule has 0 saturated carbocycles. The summed E-state index contributed by atoms with van der Waals surface area (Å²) >= 11 is 0. The second-order valence-electron chi connectivity index (χ2n) is 2.14. The first-order valence-corrected chi connectivity index (χ1v) is 2.96. The third-order valence-corrected chi connectivity index (χ3v) is 1.37. The molecule has 1 aromatic carbocycles. The van der Waals surface area contributed by atoms with Crippen molar-refractivity contribution in [1.29, 1.82) is 5.26 Å². The van der Waals surface area contributed by atoms with Crippen molar-refractivity contribution in [2.24, 2.45) is 0 Å². The van der Waals surface area contributed by atoms with Crippen LogP contribution in [0.2, 0.25) is 0 Å². The Morgan fingerprint density at radius 1 is 1.50 bits per heavy atom. The van der Waals surface area contributed by atoms with Crippen LogP contribution in [0.15, 0.2) is 18.2 Å². The van der Waals surface area contributed by atoms with Crippen molar-refractivity contribution in [2.45, 2.75) is 6.92 Å². The molecular formula is C8H7N2. The van der Waals surface area contributed by atoms with Crippen molar-refractivity contribution in [3.63, 3.8) is 0 Å². The maximum atomic E-state index is 8.42. The van der Waals surface area contributed by atoms with E-state index in [-0.39, 0.29) is 0 Å². The van der Waals surface area contributed by atoms with Crippen LogP contribution in [-0.2, 0) is 0 Å². The van der Waals surface area contributed by atoms with E-state index in [9.17, 15) is 0 Å². The smallest absolute Gasteiger partial charge is 0.0992 e. The Morgan fingerprint density at radius 3 is 2.70 bits per heavy atom. The number of nitrogens with one attached hydrogen (secondary N) is 1. The molecule has 0 amide bonds. The molecule has 0 aromatic heterocycles. The van der Waals surface area contributed by atoms with Crippen molar-refractivity contribution >= 4 is 5.69 Å². The molecule has 0 aliphatic rings. The fraction of sp³-hybridized carbons (Fsp3) is 0.125. The minimum absolute atomic E-state index is 0.430. The number of hydrogen-bond acceptors (Lipinski definition) is 1. The summed E-state index contributed by atoms with van der Waals surface area (Å²) in [5.41, 5.74) is 9.20. The van der Waals surface area contributed by atoms with Gasteiger partial charge in [0.25, 0.3) is 0 Å². The van der Waals surface area contributed by atoms with E-state index >= 15 is 0 Å². The minimum Gasteiger partial charge on any atom is -0.301 e. The van der Waals surface area contributed by atoms with Gasteiger partial charge in [-0.25, -0.2) is 0 Å². The lowest BCUT2D eigenvalue weighted by Gasteiger charge is -1.95. The third-order valence-electron chi connectivity index (χ3n) is 1.37. The van der Waals surface area contributed by atoms with Gasteiger partial charge < -0.3 is 5.73 Å². The predicted molar refractivity (Wildman–Crippen MR) is 38.7 cm³/mol. The molecular weight excluding hydrogens is 124 g/mol. The Hall–Kier alpha value is -1.49. The highest BCUT2D eigenvalue weighted by Crippen LogP contribution is 2.12. The van der Waals surface area contributed by atoms with Crippen LogP contribution >= 0.6 is 0 Å². The minimum atomic E-state index is 0.430. The molecule has 1 radical (unpaired) electrons. The molecule has 0 atom stereocenters. The summed E-state index contributed by atoms with van der Waals surface area (Å²) in [4.78, 5) is 0. The quantitative estimate of drug-likeness (QED) is 0.529. The first-order chi connectivity index (χ1) is 4.74. The molecule has 0 spiro atoms. The van der Waals surface area contributed by atoms with Crippen molar-refractivity contribution in [2.75, 3.05) is 0 Å². The molecule has 0 bridgehead atoms. The maximum absolute atomic E-state index is 8.42. The van der Waals surface area contributed by atoms with Gasteiger partial charge in [0.15, 0.2) is 0 Å². The van der Waals surface area contributed by atoms with Gasteiger partial charge in [-0.05, 0) is 24.6 Å². The summed E-state index contributed by atoms with van der Waals surface area (Å²) in [6.45, 7) is 1.85. The second kappa shape index (κ2) is 2.40. The Kier molecular flexibility index (Phi) is 1.59. The molecule has 0 aliphatic heterocycles. The van der Waals surface area contributed by atoms with Crippen LogP contribution in [0.3, 0.4) is 0 Å². The van der Waals surface area contributed by atoms with E-state index in [2.05, 4.69) is 0 Å². The zero-order chi connectivity index (χ0) is 7.56. The number of hydrogen-bond donors (Lipinski definition) is 0. The Bertz CT molecular complexity index is 284. The monoisotopic (exact) mass is 131 g/mol. The SMILES string of the molecule is Cc1ccc(C#N)cc1[NH]. The molecule has 0 unspecified atom stereocenters. The van der Waals surface area contributed by atoms with Crippen LogP contribution in [0.4, 0.5) is 5.69 Å². The van der Waals surface area contributed by atoms with Crippen molar-refractivity contribution in [1.82, 2.24) is 5.73 Å². The van der Waals surface area contributed by atoms with Crippen molar-refractivity contribution in [3.8, 4) is 6.07 Å². The first kappa shape index (κ1) is 6.63. The molecule has 10 heavy (non-hydrogen) atoms. The first-order valence-electron chi connectivity index (χ1n) is 2.96. The molecule has 0 saturated heterocycles. The molecule has 2 heteroatoms. The highest BCUT2D eigenvalue weighted by Gasteiger charge is 1.94. The fourth-order valence-electron chi connectivity index (χ4n) is 0.692. The predicted octanol–water partition coefficient (Wildman–Crippen LogP) is 1.78. The number of nitriles is 1. The van der Waals surface area contributed by atoms with Gasteiger partial charge in [-0.1, -0.05) is 6.07 Å². The highest BCUT2D eigenvalue weighted by molar-refractivity contribution is 5.48. The van der Waals surface area contributed by atoms with E-state index in [1.54, 1.807) is 18.2 Å². The van der Waals surface area contributed by atoms with E-state index in [0.717, 1.165) is 5.56 Å². The number of benzene rings is 1. The van der Waals surface area contributed by atoms with Gasteiger partial charge in [0.05, 0.1) is 17.3 Å². The van der Waals surface area contributed by atoms with Crippen LogP contribution in [0.5, 0.6) is 0 Å². The summed E-state index contributed by atoms with van der Waals surface area (Å²) < 4.78 is 0. The van der Waals surface area contributed by atoms with Gasteiger partial charge in [-0.2, -0.15) is 5.26 Å². The normalized spacial score (nSPS) is 8.80. The molecule has 1 N–H and O–H groups in total. The zero-order valence-electron chi connectivity index (χ0n) is 5.68. The van der Waals surface area contributed by atoms with Crippen LogP contribution in [-0.4, -0.2) is 0 Å².